The zero-order valence-electron chi connectivity index (χ0n) is 16.2. The van der Waals surface area contributed by atoms with Gasteiger partial charge in [0.15, 0.2) is 22.6 Å². The van der Waals surface area contributed by atoms with Gasteiger partial charge in [-0.15, -0.1) is 5.10 Å². The van der Waals surface area contributed by atoms with Gasteiger partial charge < -0.3 is 14.9 Å². The highest BCUT2D eigenvalue weighted by Crippen LogP contribution is 2.30. The van der Waals surface area contributed by atoms with Crippen molar-refractivity contribution in [1.82, 2.24) is 29.4 Å². The van der Waals surface area contributed by atoms with Crippen LogP contribution in [0, 0.1) is 0 Å². The number of methoxy groups -OCH3 is 1. The number of nitrogens with zero attached hydrogens (tertiary/aromatic N) is 6. The molecule has 4 aromatic heterocycles. The van der Waals surface area contributed by atoms with E-state index in [1.54, 1.807) is 25.3 Å². The lowest BCUT2D eigenvalue weighted by Crippen LogP contribution is -2.41. The maximum Gasteiger partial charge on any atom is 0.338 e. The highest BCUT2D eigenvalue weighted by molar-refractivity contribution is 5.91. The van der Waals surface area contributed by atoms with Crippen LogP contribution in [0.1, 0.15) is 12.5 Å². The first kappa shape index (κ1) is 17.9. The summed E-state index contributed by atoms with van der Waals surface area (Å²) >= 11 is 0. The molecule has 1 aromatic carbocycles. The molecule has 0 aliphatic carbocycles. The fourth-order valence-electron chi connectivity index (χ4n) is 3.45. The van der Waals surface area contributed by atoms with Crippen LogP contribution in [0.3, 0.4) is 0 Å². The number of fused-ring (bicyclic) bond motifs is 3. The van der Waals surface area contributed by atoms with Crippen LogP contribution in [-0.4, -0.2) is 42.4 Å². The SMILES string of the molecule is COC(=O)C(C)(c1ccccc1)n1cc2c(nc(N)n3nc(-c4ccco4)nc23)n1. The lowest BCUT2D eigenvalue weighted by Gasteiger charge is -2.27. The largest absolute Gasteiger partial charge is 0.467 e. The molecule has 2 N–H and O–H groups in total. The van der Waals surface area contributed by atoms with Crippen LogP contribution in [0.15, 0.2) is 59.3 Å². The average molecular weight is 403 g/mol. The van der Waals surface area contributed by atoms with E-state index in [0.29, 0.717) is 33.8 Å². The topological polar surface area (TPSA) is 126 Å². The molecule has 0 amide bonds. The molecular weight excluding hydrogens is 386 g/mol. The molecule has 0 aliphatic heterocycles. The molecule has 30 heavy (non-hydrogen) atoms. The molecule has 5 rings (SSSR count). The zero-order chi connectivity index (χ0) is 20.9. The van der Waals surface area contributed by atoms with Gasteiger partial charge >= 0.3 is 5.97 Å². The van der Waals surface area contributed by atoms with Crippen molar-refractivity contribution in [1.29, 1.82) is 0 Å². The lowest BCUT2D eigenvalue weighted by atomic mass is 9.92. The van der Waals surface area contributed by atoms with Crippen molar-refractivity contribution in [3.63, 3.8) is 0 Å². The van der Waals surface area contributed by atoms with E-state index in [0.717, 1.165) is 0 Å². The molecule has 10 heteroatoms. The first-order chi connectivity index (χ1) is 14.5. The third-order valence-electron chi connectivity index (χ3n) is 5.10. The van der Waals surface area contributed by atoms with Crippen LogP contribution in [0.4, 0.5) is 5.95 Å². The molecule has 0 saturated heterocycles. The second-order valence-electron chi connectivity index (χ2n) is 6.86. The molecular formula is C20H17N7O3. The molecule has 0 radical (unpaired) electrons. The summed E-state index contributed by atoms with van der Waals surface area (Å²) in [7, 11) is 1.34. The first-order valence-corrected chi connectivity index (χ1v) is 9.12. The number of furan rings is 1. The number of hydrogen-bond acceptors (Lipinski definition) is 8. The van der Waals surface area contributed by atoms with Crippen LogP contribution in [0.2, 0.25) is 0 Å². The first-order valence-electron chi connectivity index (χ1n) is 9.12. The van der Waals surface area contributed by atoms with Gasteiger partial charge in [-0.3, -0.25) is 0 Å². The number of benzene rings is 1. The number of esters is 1. The number of nitrogens with two attached hydrogens (primary N) is 1. The predicted octanol–water partition coefficient (Wildman–Crippen LogP) is 2.25. The van der Waals surface area contributed by atoms with E-state index in [1.807, 2.05) is 30.3 Å². The molecule has 0 bridgehead atoms. The number of aromatic nitrogens is 6. The van der Waals surface area contributed by atoms with Gasteiger partial charge in [-0.1, -0.05) is 30.3 Å². The summed E-state index contributed by atoms with van der Waals surface area (Å²) in [5.41, 5.74) is 6.37. The van der Waals surface area contributed by atoms with Crippen LogP contribution in [0.25, 0.3) is 28.3 Å². The van der Waals surface area contributed by atoms with E-state index in [2.05, 4.69) is 20.2 Å². The Morgan fingerprint density at radius 2 is 1.93 bits per heavy atom. The summed E-state index contributed by atoms with van der Waals surface area (Å²) in [6.07, 6.45) is 3.24. The van der Waals surface area contributed by atoms with Crippen molar-refractivity contribution in [3.8, 4) is 11.6 Å². The van der Waals surface area contributed by atoms with Crippen molar-refractivity contribution < 1.29 is 13.9 Å². The normalized spacial score (nSPS) is 13.5. The predicted molar refractivity (Wildman–Crippen MR) is 107 cm³/mol. The Hall–Kier alpha value is -4.21. The molecule has 10 nitrogen and oxygen atoms in total. The van der Waals surface area contributed by atoms with Crippen LogP contribution >= 0.6 is 0 Å². The minimum atomic E-state index is -1.22. The van der Waals surface area contributed by atoms with E-state index >= 15 is 0 Å². The number of ether oxygens (including phenoxy) is 1. The smallest absolute Gasteiger partial charge is 0.338 e. The van der Waals surface area contributed by atoms with E-state index in [4.69, 9.17) is 14.9 Å². The second kappa shape index (κ2) is 6.41. The van der Waals surface area contributed by atoms with Gasteiger partial charge in [0.05, 0.1) is 18.8 Å². The molecule has 5 aromatic rings. The molecule has 1 unspecified atom stereocenters. The second-order valence-corrected chi connectivity index (χ2v) is 6.86. The van der Waals surface area contributed by atoms with Gasteiger partial charge in [-0.2, -0.15) is 14.6 Å². The van der Waals surface area contributed by atoms with Crippen LogP contribution in [-0.2, 0) is 15.1 Å². The molecule has 0 aliphatic rings. The van der Waals surface area contributed by atoms with Gasteiger partial charge in [0.1, 0.15) is 0 Å². The third-order valence-corrected chi connectivity index (χ3v) is 5.10. The van der Waals surface area contributed by atoms with Crippen LogP contribution < -0.4 is 5.73 Å². The molecule has 4 heterocycles. The minimum Gasteiger partial charge on any atom is -0.467 e. The Balaban J connectivity index is 1.76. The maximum absolute atomic E-state index is 12.8. The van der Waals surface area contributed by atoms with Gasteiger partial charge in [0.2, 0.25) is 11.8 Å². The van der Waals surface area contributed by atoms with Crippen molar-refractivity contribution in [2.75, 3.05) is 12.8 Å². The van der Waals surface area contributed by atoms with Crippen molar-refractivity contribution in [3.05, 3.63) is 60.5 Å². The molecule has 0 saturated carbocycles. The molecule has 0 spiro atoms. The van der Waals surface area contributed by atoms with Gasteiger partial charge in [-0.25, -0.2) is 14.5 Å². The molecule has 0 fully saturated rings. The fourth-order valence-corrected chi connectivity index (χ4v) is 3.45. The van der Waals surface area contributed by atoms with Crippen LogP contribution in [0.5, 0.6) is 0 Å². The fraction of sp³-hybridized carbons (Fsp3) is 0.150. The maximum atomic E-state index is 12.8. The highest BCUT2D eigenvalue weighted by Gasteiger charge is 2.40. The Labute approximate surface area is 169 Å². The minimum absolute atomic E-state index is 0.118. The highest BCUT2D eigenvalue weighted by atomic mass is 16.5. The Morgan fingerprint density at radius 1 is 1.13 bits per heavy atom. The number of anilines is 1. The summed E-state index contributed by atoms with van der Waals surface area (Å²) in [5, 5.41) is 9.50. The summed E-state index contributed by atoms with van der Waals surface area (Å²) in [5.74, 6) is 0.519. The zero-order valence-corrected chi connectivity index (χ0v) is 16.2. The summed E-state index contributed by atoms with van der Waals surface area (Å²) < 4.78 is 13.4. The van der Waals surface area contributed by atoms with Crippen molar-refractivity contribution in [2.45, 2.75) is 12.5 Å². The van der Waals surface area contributed by atoms with Gasteiger partial charge in [0, 0.05) is 6.20 Å². The van der Waals surface area contributed by atoms with E-state index < -0.39 is 11.5 Å². The number of nitrogen functional groups attached to an aromatic ring is 1. The average Bonchev–Trinajstić information content (AvgIpc) is 3.51. The van der Waals surface area contributed by atoms with E-state index in [-0.39, 0.29) is 5.95 Å². The summed E-state index contributed by atoms with van der Waals surface area (Å²) in [6, 6.07) is 12.8. The Kier molecular flexibility index (Phi) is 3.82. The van der Waals surface area contributed by atoms with Crippen molar-refractivity contribution >= 4 is 28.6 Å². The molecule has 150 valence electrons. The third kappa shape index (κ3) is 2.47. The lowest BCUT2D eigenvalue weighted by molar-refractivity contribution is -0.148. The van der Waals surface area contributed by atoms with Crippen molar-refractivity contribution in [2.24, 2.45) is 0 Å². The van der Waals surface area contributed by atoms with E-state index in [9.17, 15) is 4.79 Å². The standard InChI is InChI=1S/C20H17N7O3/c1-20(18(28)29-2,12-7-4-3-5-8-12)26-11-13-15(24-26)23-19(21)27-17(13)22-16(25-27)14-9-6-10-30-14/h3-11H,1-2H3,(H2,21,23,24). The van der Waals surface area contributed by atoms with E-state index in [1.165, 1.54) is 22.6 Å². The summed E-state index contributed by atoms with van der Waals surface area (Å²) in [4.78, 5) is 21.7. The summed E-state index contributed by atoms with van der Waals surface area (Å²) in [6.45, 7) is 1.73. The Morgan fingerprint density at radius 3 is 2.63 bits per heavy atom. The number of hydrogen-bond donors (Lipinski definition) is 1. The van der Waals surface area contributed by atoms with Gasteiger partial charge in [0.25, 0.3) is 0 Å². The Bertz CT molecular complexity index is 1370. The number of rotatable bonds is 4. The van der Waals surface area contributed by atoms with Gasteiger partial charge in [-0.05, 0) is 24.6 Å². The quantitative estimate of drug-likeness (QED) is 0.453. The number of carbonyl (C=O) groups is 1. The number of carbonyl (C=O) groups excluding carboxylic acids is 1. The monoisotopic (exact) mass is 403 g/mol. The molecule has 1 atom stereocenters.